The van der Waals surface area contributed by atoms with Gasteiger partial charge in [0.25, 0.3) is 0 Å². The molecule has 1 fully saturated rings. The predicted molar refractivity (Wildman–Crippen MR) is 65.0 cm³/mol. The third-order valence-corrected chi connectivity index (χ3v) is 3.27. The van der Waals surface area contributed by atoms with E-state index in [2.05, 4.69) is 43.0 Å². The summed E-state index contributed by atoms with van der Waals surface area (Å²) in [4.78, 5) is 2.57. The SMILES string of the molecule is CC(C)c1ccccc1CN1CCCC1. The van der Waals surface area contributed by atoms with Crippen molar-refractivity contribution in [1.29, 1.82) is 0 Å². The fourth-order valence-electron chi connectivity index (χ4n) is 2.42. The first kappa shape index (κ1) is 10.7. The molecule has 0 spiro atoms. The lowest BCUT2D eigenvalue weighted by molar-refractivity contribution is 0.330. The van der Waals surface area contributed by atoms with Gasteiger partial charge in [0.15, 0.2) is 0 Å². The van der Waals surface area contributed by atoms with Gasteiger partial charge in [-0.3, -0.25) is 4.90 Å². The Bertz CT molecular complexity index is 311. The van der Waals surface area contributed by atoms with Crippen molar-refractivity contribution >= 4 is 0 Å². The fraction of sp³-hybridized carbons (Fsp3) is 0.571. The van der Waals surface area contributed by atoms with Gasteiger partial charge in [-0.1, -0.05) is 38.1 Å². The first-order valence-corrected chi connectivity index (χ1v) is 6.07. The van der Waals surface area contributed by atoms with Crippen LogP contribution in [-0.4, -0.2) is 18.0 Å². The highest BCUT2D eigenvalue weighted by Crippen LogP contribution is 2.22. The van der Waals surface area contributed by atoms with E-state index >= 15 is 0 Å². The highest BCUT2D eigenvalue weighted by molar-refractivity contribution is 5.29. The summed E-state index contributed by atoms with van der Waals surface area (Å²) in [5.74, 6) is 0.642. The summed E-state index contributed by atoms with van der Waals surface area (Å²) in [5, 5.41) is 0. The van der Waals surface area contributed by atoms with Crippen LogP contribution in [0.3, 0.4) is 0 Å². The van der Waals surface area contributed by atoms with Crippen molar-refractivity contribution in [2.24, 2.45) is 0 Å². The van der Waals surface area contributed by atoms with Crippen molar-refractivity contribution in [3.05, 3.63) is 35.4 Å². The fourth-order valence-corrected chi connectivity index (χ4v) is 2.42. The molecular formula is C14H21N. The largest absolute Gasteiger partial charge is 0.299 e. The minimum atomic E-state index is 0.642. The summed E-state index contributed by atoms with van der Waals surface area (Å²) in [5.41, 5.74) is 3.04. The summed E-state index contributed by atoms with van der Waals surface area (Å²) in [6.07, 6.45) is 2.76. The number of hydrogen-bond acceptors (Lipinski definition) is 1. The standard InChI is InChI=1S/C14H21N/c1-12(2)14-8-4-3-7-13(14)11-15-9-5-6-10-15/h3-4,7-8,12H,5-6,9-11H2,1-2H3. The zero-order chi connectivity index (χ0) is 10.7. The molecule has 1 heteroatoms. The average molecular weight is 203 g/mol. The average Bonchev–Trinajstić information content (AvgIpc) is 2.71. The Morgan fingerprint density at radius 2 is 1.80 bits per heavy atom. The Balaban J connectivity index is 2.12. The molecule has 82 valence electrons. The van der Waals surface area contributed by atoms with Gasteiger partial charge in [0.2, 0.25) is 0 Å². The molecular weight excluding hydrogens is 182 g/mol. The molecule has 0 amide bonds. The van der Waals surface area contributed by atoms with Crippen LogP contribution in [0.5, 0.6) is 0 Å². The van der Waals surface area contributed by atoms with E-state index in [0.717, 1.165) is 6.54 Å². The van der Waals surface area contributed by atoms with E-state index in [9.17, 15) is 0 Å². The lowest BCUT2D eigenvalue weighted by atomic mass is 9.97. The lowest BCUT2D eigenvalue weighted by Gasteiger charge is -2.18. The van der Waals surface area contributed by atoms with Crippen LogP contribution in [0.25, 0.3) is 0 Å². The van der Waals surface area contributed by atoms with Crippen molar-refractivity contribution in [2.75, 3.05) is 13.1 Å². The van der Waals surface area contributed by atoms with E-state index in [1.165, 1.54) is 37.1 Å². The number of likely N-dealkylation sites (tertiary alicyclic amines) is 1. The molecule has 1 aromatic carbocycles. The van der Waals surface area contributed by atoms with Gasteiger partial charge in [0.1, 0.15) is 0 Å². The van der Waals surface area contributed by atoms with Crippen LogP contribution in [0.15, 0.2) is 24.3 Å². The molecule has 0 unspecified atom stereocenters. The molecule has 15 heavy (non-hydrogen) atoms. The van der Waals surface area contributed by atoms with Crippen LogP contribution in [0.1, 0.15) is 43.7 Å². The van der Waals surface area contributed by atoms with Crippen molar-refractivity contribution < 1.29 is 0 Å². The first-order valence-electron chi connectivity index (χ1n) is 6.07. The van der Waals surface area contributed by atoms with E-state index in [-0.39, 0.29) is 0 Å². The van der Waals surface area contributed by atoms with Crippen molar-refractivity contribution in [1.82, 2.24) is 4.90 Å². The summed E-state index contributed by atoms with van der Waals surface area (Å²) >= 11 is 0. The van der Waals surface area contributed by atoms with E-state index in [4.69, 9.17) is 0 Å². The van der Waals surface area contributed by atoms with Gasteiger partial charge < -0.3 is 0 Å². The van der Waals surface area contributed by atoms with Crippen LogP contribution >= 0.6 is 0 Å². The molecule has 1 nitrogen and oxygen atoms in total. The maximum Gasteiger partial charge on any atom is 0.0236 e. The molecule has 0 bridgehead atoms. The van der Waals surface area contributed by atoms with Gasteiger partial charge >= 0.3 is 0 Å². The van der Waals surface area contributed by atoms with Gasteiger partial charge in [0.05, 0.1) is 0 Å². The normalized spacial score (nSPS) is 17.5. The molecule has 1 saturated heterocycles. The summed E-state index contributed by atoms with van der Waals surface area (Å²) in [6, 6.07) is 8.88. The molecule has 0 radical (unpaired) electrons. The molecule has 1 aliphatic rings. The van der Waals surface area contributed by atoms with Crippen LogP contribution < -0.4 is 0 Å². The van der Waals surface area contributed by atoms with Crippen molar-refractivity contribution in [3.8, 4) is 0 Å². The zero-order valence-corrected chi connectivity index (χ0v) is 9.87. The van der Waals surface area contributed by atoms with Crippen molar-refractivity contribution in [3.63, 3.8) is 0 Å². The number of rotatable bonds is 3. The monoisotopic (exact) mass is 203 g/mol. The Morgan fingerprint density at radius 1 is 1.13 bits per heavy atom. The van der Waals surface area contributed by atoms with Crippen LogP contribution in [0.4, 0.5) is 0 Å². The van der Waals surface area contributed by atoms with Crippen molar-refractivity contribution in [2.45, 2.75) is 39.2 Å². The Kier molecular flexibility index (Phi) is 3.42. The zero-order valence-electron chi connectivity index (χ0n) is 9.87. The molecule has 1 aromatic rings. The van der Waals surface area contributed by atoms with E-state index < -0.39 is 0 Å². The minimum Gasteiger partial charge on any atom is -0.299 e. The molecule has 0 aliphatic carbocycles. The Morgan fingerprint density at radius 3 is 2.47 bits per heavy atom. The quantitative estimate of drug-likeness (QED) is 0.727. The lowest BCUT2D eigenvalue weighted by Crippen LogP contribution is -2.19. The molecule has 0 atom stereocenters. The molecule has 1 heterocycles. The highest BCUT2D eigenvalue weighted by Gasteiger charge is 2.14. The third-order valence-electron chi connectivity index (χ3n) is 3.27. The number of nitrogens with zero attached hydrogens (tertiary/aromatic N) is 1. The summed E-state index contributed by atoms with van der Waals surface area (Å²) in [7, 11) is 0. The molecule has 1 aliphatic heterocycles. The van der Waals surface area contributed by atoms with Crippen LogP contribution in [0.2, 0.25) is 0 Å². The topological polar surface area (TPSA) is 3.24 Å². The van der Waals surface area contributed by atoms with E-state index in [1.807, 2.05) is 0 Å². The first-order chi connectivity index (χ1) is 7.27. The van der Waals surface area contributed by atoms with Gasteiger partial charge in [-0.15, -0.1) is 0 Å². The Labute approximate surface area is 93.1 Å². The van der Waals surface area contributed by atoms with Gasteiger partial charge in [-0.25, -0.2) is 0 Å². The van der Waals surface area contributed by atoms with Gasteiger partial charge in [0, 0.05) is 6.54 Å². The molecule has 0 saturated carbocycles. The maximum absolute atomic E-state index is 2.57. The molecule has 0 aromatic heterocycles. The van der Waals surface area contributed by atoms with Crippen LogP contribution in [-0.2, 0) is 6.54 Å². The second-order valence-electron chi connectivity index (χ2n) is 4.84. The molecule has 0 N–H and O–H groups in total. The van der Waals surface area contributed by atoms with Gasteiger partial charge in [-0.05, 0) is 43.0 Å². The van der Waals surface area contributed by atoms with E-state index in [1.54, 1.807) is 0 Å². The Hall–Kier alpha value is -0.820. The smallest absolute Gasteiger partial charge is 0.0236 e. The predicted octanol–water partition coefficient (Wildman–Crippen LogP) is 3.41. The van der Waals surface area contributed by atoms with Crippen LogP contribution in [0, 0.1) is 0 Å². The molecule has 2 rings (SSSR count). The summed E-state index contributed by atoms with van der Waals surface area (Å²) in [6.45, 7) is 8.28. The third kappa shape index (κ3) is 2.60. The minimum absolute atomic E-state index is 0.642. The van der Waals surface area contributed by atoms with Gasteiger partial charge in [-0.2, -0.15) is 0 Å². The maximum atomic E-state index is 2.57. The number of hydrogen-bond donors (Lipinski definition) is 0. The van der Waals surface area contributed by atoms with E-state index in [0.29, 0.717) is 5.92 Å². The second kappa shape index (κ2) is 4.80. The summed E-state index contributed by atoms with van der Waals surface area (Å²) < 4.78 is 0. The second-order valence-corrected chi connectivity index (χ2v) is 4.84. The number of benzene rings is 1. The highest BCUT2D eigenvalue weighted by atomic mass is 15.1.